The monoisotopic (exact) mass is 261 g/mol. The van der Waals surface area contributed by atoms with Gasteiger partial charge < -0.3 is 4.57 Å². The first-order chi connectivity index (χ1) is 8.93. The third-order valence-electron chi connectivity index (χ3n) is 3.66. The van der Waals surface area contributed by atoms with Crippen molar-refractivity contribution >= 4 is 11.3 Å². The van der Waals surface area contributed by atoms with E-state index in [1.807, 2.05) is 30.1 Å². The Morgan fingerprint density at radius 1 is 1.39 bits per heavy atom. The van der Waals surface area contributed by atoms with E-state index in [4.69, 9.17) is 0 Å². The molecular weight excluding hydrogens is 242 g/mol. The maximum absolute atomic E-state index is 4.08. The van der Waals surface area contributed by atoms with Crippen LogP contribution in [0.2, 0.25) is 0 Å². The Labute approximate surface area is 112 Å². The number of aromatic nitrogens is 2. The minimum Gasteiger partial charge on any atom is -0.337 e. The molecule has 0 bridgehead atoms. The van der Waals surface area contributed by atoms with Crippen molar-refractivity contribution in [3.63, 3.8) is 0 Å². The number of rotatable bonds is 5. The lowest BCUT2D eigenvalue weighted by Gasteiger charge is -2.23. The predicted molar refractivity (Wildman–Crippen MR) is 74.7 cm³/mol. The molecule has 96 valence electrons. The van der Waals surface area contributed by atoms with Crippen LogP contribution in [0.1, 0.15) is 30.2 Å². The second kappa shape index (κ2) is 5.67. The third-order valence-corrected chi connectivity index (χ3v) is 4.63. The zero-order valence-electron chi connectivity index (χ0n) is 10.5. The first-order valence-corrected chi connectivity index (χ1v) is 7.54. The van der Waals surface area contributed by atoms with Gasteiger partial charge in [0.2, 0.25) is 0 Å². The fraction of sp³-hybridized carbons (Fsp3) is 0.500. The molecule has 1 atom stereocenters. The van der Waals surface area contributed by atoms with Crippen molar-refractivity contribution in [2.45, 2.75) is 31.8 Å². The average Bonchev–Trinajstić information content (AvgIpc) is 3.12. The zero-order valence-corrected chi connectivity index (χ0v) is 11.4. The van der Waals surface area contributed by atoms with Gasteiger partial charge in [-0.15, -0.1) is 11.3 Å². The summed E-state index contributed by atoms with van der Waals surface area (Å²) in [6.45, 7) is 3.53. The lowest BCUT2D eigenvalue weighted by molar-refractivity contribution is 0.252. The van der Waals surface area contributed by atoms with Crippen molar-refractivity contribution in [3.8, 4) is 0 Å². The fourth-order valence-electron chi connectivity index (χ4n) is 2.77. The molecule has 3 heterocycles. The Hall–Kier alpha value is -1.13. The molecule has 1 fully saturated rings. The molecule has 0 aromatic carbocycles. The SMILES string of the molecule is c1csc([C@H]2CCCN2CCCn2ccnc2)c1. The van der Waals surface area contributed by atoms with Crippen LogP contribution in [0.25, 0.3) is 0 Å². The number of nitrogens with zero attached hydrogens (tertiary/aromatic N) is 3. The number of hydrogen-bond donors (Lipinski definition) is 0. The van der Waals surface area contributed by atoms with Crippen LogP contribution in [0.3, 0.4) is 0 Å². The highest BCUT2D eigenvalue weighted by Crippen LogP contribution is 2.34. The molecule has 1 saturated heterocycles. The summed E-state index contributed by atoms with van der Waals surface area (Å²) >= 11 is 1.90. The minimum atomic E-state index is 0.674. The minimum absolute atomic E-state index is 0.674. The van der Waals surface area contributed by atoms with E-state index in [9.17, 15) is 0 Å². The maximum Gasteiger partial charge on any atom is 0.0945 e. The quantitative estimate of drug-likeness (QED) is 0.824. The van der Waals surface area contributed by atoms with E-state index < -0.39 is 0 Å². The van der Waals surface area contributed by atoms with Gasteiger partial charge in [-0.2, -0.15) is 0 Å². The molecule has 2 aromatic heterocycles. The number of thiophene rings is 1. The largest absolute Gasteiger partial charge is 0.337 e. The first kappa shape index (κ1) is 11.9. The van der Waals surface area contributed by atoms with Gasteiger partial charge in [0.25, 0.3) is 0 Å². The molecular formula is C14H19N3S. The summed E-state index contributed by atoms with van der Waals surface area (Å²) in [5, 5.41) is 2.19. The second-order valence-electron chi connectivity index (χ2n) is 4.86. The number of imidazole rings is 1. The summed E-state index contributed by atoms with van der Waals surface area (Å²) < 4.78 is 2.16. The van der Waals surface area contributed by atoms with E-state index in [1.165, 1.54) is 37.2 Å². The van der Waals surface area contributed by atoms with Crippen molar-refractivity contribution in [2.75, 3.05) is 13.1 Å². The fourth-order valence-corrected chi connectivity index (χ4v) is 3.67. The van der Waals surface area contributed by atoms with Crippen molar-refractivity contribution in [2.24, 2.45) is 0 Å². The highest BCUT2D eigenvalue weighted by molar-refractivity contribution is 7.10. The van der Waals surface area contributed by atoms with Gasteiger partial charge in [0.15, 0.2) is 0 Å². The highest BCUT2D eigenvalue weighted by atomic mass is 32.1. The molecule has 18 heavy (non-hydrogen) atoms. The van der Waals surface area contributed by atoms with Gasteiger partial charge in [0, 0.05) is 36.4 Å². The smallest absolute Gasteiger partial charge is 0.0945 e. The van der Waals surface area contributed by atoms with Crippen LogP contribution in [-0.2, 0) is 6.54 Å². The molecule has 0 amide bonds. The molecule has 0 aliphatic carbocycles. The molecule has 4 heteroatoms. The highest BCUT2D eigenvalue weighted by Gasteiger charge is 2.25. The second-order valence-corrected chi connectivity index (χ2v) is 5.84. The number of hydrogen-bond acceptors (Lipinski definition) is 3. The molecule has 1 aliphatic heterocycles. The average molecular weight is 261 g/mol. The predicted octanol–water partition coefficient (Wildman–Crippen LogP) is 3.17. The van der Waals surface area contributed by atoms with Crippen LogP contribution >= 0.6 is 11.3 Å². The van der Waals surface area contributed by atoms with Crippen LogP contribution in [0.5, 0.6) is 0 Å². The zero-order chi connectivity index (χ0) is 12.2. The normalized spacial score (nSPS) is 20.6. The molecule has 0 N–H and O–H groups in total. The van der Waals surface area contributed by atoms with Crippen molar-refractivity contribution in [1.29, 1.82) is 0 Å². The maximum atomic E-state index is 4.08. The van der Waals surface area contributed by atoms with Gasteiger partial charge in [-0.25, -0.2) is 4.98 Å². The lowest BCUT2D eigenvalue weighted by Crippen LogP contribution is -2.24. The summed E-state index contributed by atoms with van der Waals surface area (Å²) in [4.78, 5) is 8.26. The lowest BCUT2D eigenvalue weighted by atomic mass is 10.2. The molecule has 1 aliphatic rings. The van der Waals surface area contributed by atoms with Crippen LogP contribution < -0.4 is 0 Å². The number of aryl methyl sites for hydroxylation is 1. The summed E-state index contributed by atoms with van der Waals surface area (Å²) in [6, 6.07) is 5.12. The molecule has 0 unspecified atom stereocenters. The van der Waals surface area contributed by atoms with E-state index in [2.05, 4.69) is 32.0 Å². The Kier molecular flexibility index (Phi) is 3.76. The van der Waals surface area contributed by atoms with Crippen LogP contribution in [0.15, 0.2) is 36.2 Å². The molecule has 0 radical (unpaired) electrons. The molecule has 0 spiro atoms. The molecule has 2 aromatic rings. The third kappa shape index (κ3) is 2.65. The van der Waals surface area contributed by atoms with E-state index in [-0.39, 0.29) is 0 Å². The van der Waals surface area contributed by atoms with E-state index in [0.717, 1.165) is 6.54 Å². The van der Waals surface area contributed by atoms with E-state index in [1.54, 1.807) is 0 Å². The van der Waals surface area contributed by atoms with Crippen LogP contribution in [0, 0.1) is 0 Å². The Morgan fingerprint density at radius 3 is 3.17 bits per heavy atom. The summed E-state index contributed by atoms with van der Waals surface area (Å²) in [6.07, 6.45) is 9.67. The van der Waals surface area contributed by atoms with E-state index in [0.29, 0.717) is 6.04 Å². The van der Waals surface area contributed by atoms with Gasteiger partial charge in [0.05, 0.1) is 6.33 Å². The van der Waals surface area contributed by atoms with Crippen LogP contribution in [0.4, 0.5) is 0 Å². The molecule has 3 rings (SSSR count). The molecule has 3 nitrogen and oxygen atoms in total. The van der Waals surface area contributed by atoms with Gasteiger partial charge in [0.1, 0.15) is 0 Å². The summed E-state index contributed by atoms with van der Waals surface area (Å²) in [5.41, 5.74) is 0. The van der Waals surface area contributed by atoms with Gasteiger partial charge >= 0.3 is 0 Å². The molecule has 0 saturated carbocycles. The Bertz CT molecular complexity index is 449. The Morgan fingerprint density at radius 2 is 2.39 bits per heavy atom. The summed E-state index contributed by atoms with van der Waals surface area (Å²) in [7, 11) is 0. The standard InChI is InChI=1S/C14H19N3S/c1-4-13(14-5-2-11-18-14)17(8-1)9-3-7-16-10-6-15-12-16/h2,5-6,10-13H,1,3-4,7-9H2/t13-/m1/s1. The van der Waals surface area contributed by atoms with Gasteiger partial charge in [-0.1, -0.05) is 6.07 Å². The van der Waals surface area contributed by atoms with Crippen molar-refractivity contribution < 1.29 is 0 Å². The van der Waals surface area contributed by atoms with Gasteiger partial charge in [-0.05, 0) is 37.3 Å². The first-order valence-electron chi connectivity index (χ1n) is 6.67. The summed E-state index contributed by atoms with van der Waals surface area (Å²) in [5.74, 6) is 0. The Balaban J connectivity index is 1.52. The number of likely N-dealkylation sites (tertiary alicyclic amines) is 1. The topological polar surface area (TPSA) is 21.1 Å². The van der Waals surface area contributed by atoms with Crippen LogP contribution in [-0.4, -0.2) is 27.5 Å². The van der Waals surface area contributed by atoms with Crippen molar-refractivity contribution in [1.82, 2.24) is 14.5 Å². The van der Waals surface area contributed by atoms with Crippen molar-refractivity contribution in [3.05, 3.63) is 41.1 Å². The van der Waals surface area contributed by atoms with Gasteiger partial charge in [-0.3, -0.25) is 4.90 Å². The van der Waals surface area contributed by atoms with E-state index >= 15 is 0 Å².